The van der Waals surface area contributed by atoms with Gasteiger partial charge in [0, 0.05) is 25.0 Å². The van der Waals surface area contributed by atoms with Gasteiger partial charge in [-0.05, 0) is 24.3 Å². The number of anilines is 1. The van der Waals surface area contributed by atoms with E-state index in [1.165, 1.54) is 40.9 Å². The Bertz CT molecular complexity index is 1360. The monoisotopic (exact) mass is 426 g/mol. The fourth-order valence-electron chi connectivity index (χ4n) is 3.06. The van der Waals surface area contributed by atoms with Gasteiger partial charge in [0.1, 0.15) is 12.3 Å². The Morgan fingerprint density at radius 3 is 2.60 bits per heavy atom. The smallest absolute Gasteiger partial charge is 0.332 e. The van der Waals surface area contributed by atoms with Gasteiger partial charge in [-0.15, -0.1) is 11.3 Å². The maximum atomic E-state index is 12.5. The van der Waals surface area contributed by atoms with E-state index in [4.69, 9.17) is 4.74 Å². The number of hydrogen-bond donors (Lipinski definition) is 1. The number of hydrogen-bond acceptors (Lipinski definition) is 7. The molecule has 11 heteroatoms. The molecule has 0 aliphatic heterocycles. The van der Waals surface area contributed by atoms with E-state index in [2.05, 4.69) is 15.3 Å². The maximum absolute atomic E-state index is 12.5. The Morgan fingerprint density at radius 1 is 1.17 bits per heavy atom. The van der Waals surface area contributed by atoms with Crippen LogP contribution in [0, 0.1) is 0 Å². The first-order chi connectivity index (χ1) is 14.4. The number of ether oxygens (including phenoxy) is 1. The molecule has 1 amide bonds. The number of aromatic nitrogens is 5. The van der Waals surface area contributed by atoms with E-state index < -0.39 is 11.2 Å². The second kappa shape index (κ2) is 7.59. The lowest BCUT2D eigenvalue weighted by Gasteiger charge is -2.06. The number of imidazole rings is 1. The Labute approximate surface area is 174 Å². The number of aryl methyl sites for hydroxylation is 1. The largest absolute Gasteiger partial charge is 0.497 e. The molecule has 0 atom stereocenters. The zero-order valence-electron chi connectivity index (χ0n) is 16.4. The highest BCUT2D eigenvalue weighted by molar-refractivity contribution is 7.14. The van der Waals surface area contributed by atoms with Gasteiger partial charge in [0.05, 0.1) is 19.1 Å². The average molecular weight is 426 g/mol. The predicted molar refractivity (Wildman–Crippen MR) is 113 cm³/mol. The van der Waals surface area contributed by atoms with Crippen molar-refractivity contribution in [3.63, 3.8) is 0 Å². The molecule has 0 saturated heterocycles. The van der Waals surface area contributed by atoms with Gasteiger partial charge in [-0.2, -0.15) is 0 Å². The van der Waals surface area contributed by atoms with E-state index in [9.17, 15) is 14.4 Å². The summed E-state index contributed by atoms with van der Waals surface area (Å²) in [5.41, 5.74) is 1.07. The molecular formula is C19H18N6O4S. The molecule has 0 unspecified atom stereocenters. The van der Waals surface area contributed by atoms with Gasteiger partial charge in [0.15, 0.2) is 16.3 Å². The zero-order chi connectivity index (χ0) is 21.4. The molecule has 0 saturated carbocycles. The molecule has 4 aromatic rings. The van der Waals surface area contributed by atoms with Gasteiger partial charge < -0.3 is 14.6 Å². The van der Waals surface area contributed by atoms with Crippen LogP contribution in [0.5, 0.6) is 5.75 Å². The van der Waals surface area contributed by atoms with Gasteiger partial charge in [-0.25, -0.2) is 14.8 Å². The fraction of sp³-hybridized carbons (Fsp3) is 0.211. The van der Waals surface area contributed by atoms with Gasteiger partial charge >= 0.3 is 5.69 Å². The van der Waals surface area contributed by atoms with Crippen LogP contribution in [0.25, 0.3) is 22.4 Å². The summed E-state index contributed by atoms with van der Waals surface area (Å²) in [5, 5.41) is 5.02. The number of thiazole rings is 1. The van der Waals surface area contributed by atoms with Gasteiger partial charge in [-0.3, -0.25) is 18.7 Å². The Balaban J connectivity index is 1.54. The van der Waals surface area contributed by atoms with Crippen molar-refractivity contribution in [2.24, 2.45) is 14.1 Å². The summed E-state index contributed by atoms with van der Waals surface area (Å²) in [5.74, 6) is 0.388. The fourth-order valence-corrected chi connectivity index (χ4v) is 3.79. The van der Waals surface area contributed by atoms with Crippen molar-refractivity contribution in [2.45, 2.75) is 6.54 Å². The van der Waals surface area contributed by atoms with Crippen LogP contribution in [0.4, 0.5) is 5.13 Å². The Hall–Kier alpha value is -3.73. The zero-order valence-corrected chi connectivity index (χ0v) is 17.3. The van der Waals surface area contributed by atoms with E-state index in [1.807, 2.05) is 29.6 Å². The molecule has 154 valence electrons. The third kappa shape index (κ3) is 3.39. The SMILES string of the molecule is COc1ccc(-c2csc(NC(=O)Cn3cnc4c3c(=O)n(C)c(=O)n4C)n2)cc1. The molecule has 1 N–H and O–H groups in total. The van der Waals surface area contributed by atoms with Crippen molar-refractivity contribution < 1.29 is 9.53 Å². The number of nitrogens with one attached hydrogen (secondary N) is 1. The summed E-state index contributed by atoms with van der Waals surface area (Å²) < 4.78 is 8.83. The van der Waals surface area contributed by atoms with Crippen molar-refractivity contribution in [3.05, 3.63) is 56.8 Å². The second-order valence-corrected chi connectivity index (χ2v) is 7.42. The summed E-state index contributed by atoms with van der Waals surface area (Å²) in [4.78, 5) is 45.5. The average Bonchev–Trinajstić information content (AvgIpc) is 3.38. The third-order valence-electron chi connectivity index (χ3n) is 4.67. The minimum absolute atomic E-state index is 0.138. The van der Waals surface area contributed by atoms with Gasteiger partial charge in [0.25, 0.3) is 5.56 Å². The van der Waals surface area contributed by atoms with Crippen LogP contribution < -0.4 is 21.3 Å². The van der Waals surface area contributed by atoms with Crippen LogP contribution in [-0.4, -0.2) is 36.7 Å². The summed E-state index contributed by atoms with van der Waals surface area (Å²) in [6, 6.07) is 7.45. The first-order valence-corrected chi connectivity index (χ1v) is 9.77. The first kappa shape index (κ1) is 19.6. The lowest BCUT2D eigenvalue weighted by atomic mass is 10.2. The molecule has 0 radical (unpaired) electrons. The molecule has 30 heavy (non-hydrogen) atoms. The van der Waals surface area contributed by atoms with Crippen LogP contribution in [0.1, 0.15) is 0 Å². The summed E-state index contributed by atoms with van der Waals surface area (Å²) >= 11 is 1.30. The molecule has 3 aromatic heterocycles. The van der Waals surface area contributed by atoms with Crippen LogP contribution in [-0.2, 0) is 25.4 Å². The van der Waals surface area contributed by atoms with Crippen molar-refractivity contribution in [1.82, 2.24) is 23.7 Å². The van der Waals surface area contributed by atoms with E-state index >= 15 is 0 Å². The summed E-state index contributed by atoms with van der Waals surface area (Å²) in [6.45, 7) is -0.138. The highest BCUT2D eigenvalue weighted by Gasteiger charge is 2.16. The number of fused-ring (bicyclic) bond motifs is 1. The van der Waals surface area contributed by atoms with Crippen molar-refractivity contribution in [1.29, 1.82) is 0 Å². The first-order valence-electron chi connectivity index (χ1n) is 8.89. The standard InChI is InChI=1S/C19H18N6O4S/c1-23-16-15(17(27)24(2)19(23)28)25(10-20-16)8-14(26)22-18-21-13(9-30-18)11-4-6-12(29-3)7-5-11/h4-7,9-10H,8H2,1-3H3,(H,21,22,26). The molecule has 0 spiro atoms. The Morgan fingerprint density at radius 2 is 1.90 bits per heavy atom. The number of carbonyl (C=O) groups excluding carboxylic acids is 1. The van der Waals surface area contributed by atoms with Gasteiger partial charge in [-0.1, -0.05) is 0 Å². The summed E-state index contributed by atoms with van der Waals surface area (Å²) in [7, 11) is 4.51. The molecular weight excluding hydrogens is 408 g/mol. The molecule has 4 rings (SSSR count). The lowest BCUT2D eigenvalue weighted by molar-refractivity contribution is -0.116. The van der Waals surface area contributed by atoms with Crippen LogP contribution >= 0.6 is 11.3 Å². The molecule has 3 heterocycles. The minimum Gasteiger partial charge on any atom is -0.497 e. The molecule has 1 aromatic carbocycles. The minimum atomic E-state index is -0.505. The van der Waals surface area contributed by atoms with Crippen LogP contribution in [0.3, 0.4) is 0 Å². The number of benzene rings is 1. The van der Waals surface area contributed by atoms with Crippen molar-refractivity contribution in [2.75, 3.05) is 12.4 Å². The lowest BCUT2D eigenvalue weighted by Crippen LogP contribution is -2.37. The maximum Gasteiger partial charge on any atom is 0.332 e. The molecule has 0 bridgehead atoms. The number of methoxy groups -OCH3 is 1. The van der Waals surface area contributed by atoms with E-state index in [-0.39, 0.29) is 23.6 Å². The number of amides is 1. The number of nitrogens with zero attached hydrogens (tertiary/aromatic N) is 5. The quantitative estimate of drug-likeness (QED) is 0.513. The topological polar surface area (TPSA) is 113 Å². The number of rotatable bonds is 5. The van der Waals surface area contributed by atoms with E-state index in [1.54, 1.807) is 7.11 Å². The molecule has 10 nitrogen and oxygen atoms in total. The molecule has 0 aliphatic carbocycles. The normalized spacial score (nSPS) is 11.0. The Kier molecular flexibility index (Phi) is 4.96. The number of carbonyl (C=O) groups is 1. The van der Waals surface area contributed by atoms with E-state index in [0.29, 0.717) is 5.13 Å². The van der Waals surface area contributed by atoms with Gasteiger partial charge in [0.2, 0.25) is 5.91 Å². The highest BCUT2D eigenvalue weighted by atomic mass is 32.1. The second-order valence-electron chi connectivity index (χ2n) is 6.57. The highest BCUT2D eigenvalue weighted by Crippen LogP contribution is 2.26. The predicted octanol–water partition coefficient (Wildman–Crippen LogP) is 1.20. The van der Waals surface area contributed by atoms with Crippen molar-refractivity contribution in [3.8, 4) is 17.0 Å². The third-order valence-corrected chi connectivity index (χ3v) is 5.43. The van der Waals surface area contributed by atoms with E-state index in [0.717, 1.165) is 21.6 Å². The molecule has 0 fully saturated rings. The van der Waals surface area contributed by atoms with Crippen LogP contribution in [0.2, 0.25) is 0 Å². The van der Waals surface area contributed by atoms with Crippen molar-refractivity contribution >= 4 is 33.5 Å². The summed E-state index contributed by atoms with van der Waals surface area (Å²) in [6.07, 6.45) is 1.37. The van der Waals surface area contributed by atoms with Crippen LogP contribution in [0.15, 0.2) is 45.6 Å². The molecule has 0 aliphatic rings.